The highest BCUT2D eigenvalue weighted by Crippen LogP contribution is 2.25. The molecule has 4 heteroatoms. The Morgan fingerprint density at radius 3 is 2.60 bits per heavy atom. The first-order valence-corrected chi connectivity index (χ1v) is 6.23. The van der Waals surface area contributed by atoms with E-state index in [4.69, 9.17) is 0 Å². The minimum atomic E-state index is -0.300. The molecule has 2 atom stereocenters. The molecule has 1 unspecified atom stereocenters. The lowest BCUT2D eigenvalue weighted by molar-refractivity contribution is 0.187. The molecule has 86 valence electrons. The molecule has 0 saturated carbocycles. The van der Waals surface area contributed by atoms with Gasteiger partial charge in [0.2, 0.25) is 0 Å². The normalized spacial score (nSPS) is 15.3. The van der Waals surface area contributed by atoms with Crippen molar-refractivity contribution in [2.75, 3.05) is 6.54 Å². The van der Waals surface area contributed by atoms with Crippen LogP contribution in [0.5, 0.6) is 0 Å². The fourth-order valence-electron chi connectivity index (χ4n) is 1.46. The van der Waals surface area contributed by atoms with Crippen molar-refractivity contribution in [1.29, 1.82) is 0 Å². The molecule has 0 bridgehead atoms. The third-order valence-corrected chi connectivity index (χ3v) is 3.78. The minimum absolute atomic E-state index is 0.275. The van der Waals surface area contributed by atoms with Gasteiger partial charge in [-0.25, -0.2) is 4.98 Å². The quantitative estimate of drug-likeness (QED) is 0.810. The predicted molar refractivity (Wildman–Crippen MR) is 64.3 cm³/mol. The van der Waals surface area contributed by atoms with Crippen molar-refractivity contribution in [2.45, 2.75) is 46.3 Å². The Hall–Kier alpha value is -0.450. The van der Waals surface area contributed by atoms with E-state index in [1.54, 1.807) is 18.3 Å². The SMILES string of the molecule is CCc1nc(C)c(C(C)NC[C@H](C)O)s1. The van der Waals surface area contributed by atoms with Gasteiger partial charge in [0, 0.05) is 17.5 Å². The molecular formula is C11H20N2OS. The summed E-state index contributed by atoms with van der Waals surface area (Å²) in [6, 6.07) is 0.275. The van der Waals surface area contributed by atoms with Crippen LogP contribution in [0.2, 0.25) is 0 Å². The molecule has 1 aromatic rings. The zero-order valence-electron chi connectivity index (χ0n) is 9.87. The summed E-state index contributed by atoms with van der Waals surface area (Å²) in [5, 5.41) is 13.7. The monoisotopic (exact) mass is 228 g/mol. The summed E-state index contributed by atoms with van der Waals surface area (Å²) in [7, 11) is 0. The van der Waals surface area contributed by atoms with Crippen molar-refractivity contribution in [3.63, 3.8) is 0 Å². The van der Waals surface area contributed by atoms with Crippen LogP contribution < -0.4 is 5.32 Å². The number of nitrogens with one attached hydrogen (secondary N) is 1. The van der Waals surface area contributed by atoms with E-state index >= 15 is 0 Å². The second-order valence-electron chi connectivity index (χ2n) is 3.89. The molecule has 15 heavy (non-hydrogen) atoms. The smallest absolute Gasteiger partial charge is 0.0928 e. The van der Waals surface area contributed by atoms with Crippen molar-refractivity contribution in [1.82, 2.24) is 10.3 Å². The summed E-state index contributed by atoms with van der Waals surface area (Å²) in [4.78, 5) is 5.78. The van der Waals surface area contributed by atoms with Crippen LogP contribution in [0.3, 0.4) is 0 Å². The van der Waals surface area contributed by atoms with E-state index < -0.39 is 0 Å². The number of thiazole rings is 1. The molecular weight excluding hydrogens is 208 g/mol. The molecule has 1 rings (SSSR count). The van der Waals surface area contributed by atoms with Gasteiger partial charge in [-0.1, -0.05) is 6.92 Å². The first-order valence-electron chi connectivity index (χ1n) is 5.42. The minimum Gasteiger partial charge on any atom is -0.392 e. The summed E-state index contributed by atoms with van der Waals surface area (Å²) < 4.78 is 0. The molecule has 0 aliphatic rings. The van der Waals surface area contributed by atoms with Crippen LogP contribution in [-0.4, -0.2) is 22.7 Å². The molecule has 0 aliphatic carbocycles. The average molecular weight is 228 g/mol. The van der Waals surface area contributed by atoms with Gasteiger partial charge in [0.15, 0.2) is 0 Å². The molecule has 1 heterocycles. The van der Waals surface area contributed by atoms with Gasteiger partial charge in [0.25, 0.3) is 0 Å². The van der Waals surface area contributed by atoms with Gasteiger partial charge >= 0.3 is 0 Å². The third-order valence-electron chi connectivity index (χ3n) is 2.29. The Labute approximate surface area is 95.6 Å². The second-order valence-corrected chi connectivity index (χ2v) is 5.00. The molecule has 3 nitrogen and oxygen atoms in total. The number of aryl methyl sites for hydroxylation is 2. The maximum absolute atomic E-state index is 9.19. The van der Waals surface area contributed by atoms with E-state index in [-0.39, 0.29) is 12.1 Å². The number of aliphatic hydroxyl groups excluding tert-OH is 1. The van der Waals surface area contributed by atoms with Crippen LogP contribution in [0.1, 0.15) is 42.4 Å². The van der Waals surface area contributed by atoms with Gasteiger partial charge in [0.1, 0.15) is 0 Å². The van der Waals surface area contributed by atoms with E-state index in [0.29, 0.717) is 6.54 Å². The highest BCUT2D eigenvalue weighted by Gasteiger charge is 2.13. The first-order chi connectivity index (χ1) is 7.04. The third kappa shape index (κ3) is 3.55. The summed E-state index contributed by atoms with van der Waals surface area (Å²) in [6.07, 6.45) is 0.695. The molecule has 0 radical (unpaired) electrons. The number of nitrogens with zero attached hydrogens (tertiary/aromatic N) is 1. The average Bonchev–Trinajstić information content (AvgIpc) is 2.56. The lowest BCUT2D eigenvalue weighted by atomic mass is 10.2. The van der Waals surface area contributed by atoms with Crippen molar-refractivity contribution >= 4 is 11.3 Å². The Bertz CT molecular complexity index is 310. The Balaban J connectivity index is 2.64. The molecule has 0 amide bonds. The van der Waals surface area contributed by atoms with Crippen LogP contribution in [0, 0.1) is 6.92 Å². The van der Waals surface area contributed by atoms with Gasteiger partial charge < -0.3 is 10.4 Å². The van der Waals surface area contributed by atoms with Crippen LogP contribution in [-0.2, 0) is 6.42 Å². The maximum atomic E-state index is 9.19. The topological polar surface area (TPSA) is 45.2 Å². The molecule has 1 aromatic heterocycles. The summed E-state index contributed by atoms with van der Waals surface area (Å²) in [5.41, 5.74) is 1.11. The van der Waals surface area contributed by atoms with E-state index in [9.17, 15) is 5.11 Å². The first kappa shape index (κ1) is 12.6. The van der Waals surface area contributed by atoms with Crippen LogP contribution >= 0.6 is 11.3 Å². The van der Waals surface area contributed by atoms with Gasteiger partial charge in [-0.05, 0) is 27.2 Å². The fraction of sp³-hybridized carbons (Fsp3) is 0.727. The van der Waals surface area contributed by atoms with Gasteiger partial charge in [-0.2, -0.15) is 0 Å². The summed E-state index contributed by atoms with van der Waals surface area (Å²) in [5.74, 6) is 0. The molecule has 0 spiro atoms. The zero-order valence-corrected chi connectivity index (χ0v) is 10.7. The van der Waals surface area contributed by atoms with Crippen molar-refractivity contribution in [2.24, 2.45) is 0 Å². The number of aliphatic hydroxyl groups is 1. The van der Waals surface area contributed by atoms with Crippen molar-refractivity contribution in [3.05, 3.63) is 15.6 Å². The van der Waals surface area contributed by atoms with Gasteiger partial charge in [-0.15, -0.1) is 11.3 Å². The van der Waals surface area contributed by atoms with Crippen LogP contribution in [0.25, 0.3) is 0 Å². The van der Waals surface area contributed by atoms with E-state index in [0.717, 1.165) is 12.1 Å². The molecule has 2 N–H and O–H groups in total. The molecule has 0 fully saturated rings. The number of aromatic nitrogens is 1. The van der Waals surface area contributed by atoms with Gasteiger partial charge in [-0.3, -0.25) is 0 Å². The van der Waals surface area contributed by atoms with E-state index in [1.165, 1.54) is 9.88 Å². The molecule has 0 aromatic carbocycles. The fourth-order valence-corrected chi connectivity index (χ4v) is 2.49. The number of rotatable bonds is 5. The molecule has 0 saturated heterocycles. The van der Waals surface area contributed by atoms with Gasteiger partial charge in [0.05, 0.1) is 16.8 Å². The Morgan fingerprint density at radius 2 is 2.13 bits per heavy atom. The predicted octanol–water partition coefficient (Wildman–Crippen LogP) is 2.05. The molecule has 0 aliphatic heterocycles. The number of hydrogen-bond acceptors (Lipinski definition) is 4. The highest BCUT2D eigenvalue weighted by molar-refractivity contribution is 7.11. The largest absolute Gasteiger partial charge is 0.392 e. The Morgan fingerprint density at radius 1 is 1.47 bits per heavy atom. The highest BCUT2D eigenvalue weighted by atomic mass is 32.1. The van der Waals surface area contributed by atoms with Crippen molar-refractivity contribution in [3.8, 4) is 0 Å². The van der Waals surface area contributed by atoms with E-state index in [2.05, 4.69) is 24.1 Å². The van der Waals surface area contributed by atoms with E-state index in [1.807, 2.05) is 6.92 Å². The maximum Gasteiger partial charge on any atom is 0.0928 e. The summed E-state index contributed by atoms with van der Waals surface area (Å²) in [6.45, 7) is 8.69. The summed E-state index contributed by atoms with van der Waals surface area (Å²) >= 11 is 1.76. The zero-order chi connectivity index (χ0) is 11.4. The second kappa shape index (κ2) is 5.58. The number of hydrogen-bond donors (Lipinski definition) is 2. The Kier molecular flexibility index (Phi) is 4.70. The van der Waals surface area contributed by atoms with Crippen molar-refractivity contribution < 1.29 is 5.11 Å². The lowest BCUT2D eigenvalue weighted by Gasteiger charge is -2.13. The van der Waals surface area contributed by atoms with Crippen LogP contribution in [0.15, 0.2) is 0 Å². The van der Waals surface area contributed by atoms with Crippen LogP contribution in [0.4, 0.5) is 0 Å². The lowest BCUT2D eigenvalue weighted by Crippen LogP contribution is -2.27. The standard InChI is InChI=1S/C11H20N2OS/c1-5-10-13-9(4)11(15-10)8(3)12-6-7(2)14/h7-8,12,14H,5-6H2,1-4H3/t7-,8?/m0/s1.